The van der Waals surface area contributed by atoms with Gasteiger partial charge in [-0.15, -0.1) is 0 Å². The quantitative estimate of drug-likeness (QED) is 0.920. The first kappa shape index (κ1) is 12.9. The van der Waals surface area contributed by atoms with E-state index in [-0.39, 0.29) is 6.04 Å². The molecule has 1 unspecified atom stereocenters. The van der Waals surface area contributed by atoms with Gasteiger partial charge in [-0.3, -0.25) is 4.98 Å². The number of ether oxygens (including phenoxy) is 1. The molecular weight excluding hydrogens is 248 g/mol. The van der Waals surface area contributed by atoms with Gasteiger partial charge in [-0.25, -0.2) is 0 Å². The standard InChI is InChI=1S/C14H15ClN2O/c1-16-14(10-5-7-17-8-6-10)11-3-4-13(18-2)12(15)9-11/h3-9,14,16H,1-2H3. The Morgan fingerprint density at radius 1 is 1.17 bits per heavy atom. The molecular formula is C14H15ClN2O. The van der Waals surface area contributed by atoms with Crippen LogP contribution in [0, 0.1) is 0 Å². The van der Waals surface area contributed by atoms with Gasteiger partial charge in [-0.1, -0.05) is 17.7 Å². The Labute approximate surface area is 112 Å². The molecule has 0 fully saturated rings. The summed E-state index contributed by atoms with van der Waals surface area (Å²) in [6.45, 7) is 0. The first-order valence-corrected chi connectivity index (χ1v) is 6.04. The first-order valence-electron chi connectivity index (χ1n) is 5.67. The van der Waals surface area contributed by atoms with E-state index in [1.165, 1.54) is 0 Å². The number of hydrogen-bond acceptors (Lipinski definition) is 3. The Morgan fingerprint density at radius 3 is 2.44 bits per heavy atom. The van der Waals surface area contributed by atoms with Gasteiger partial charge >= 0.3 is 0 Å². The maximum absolute atomic E-state index is 6.15. The van der Waals surface area contributed by atoms with Crippen molar-refractivity contribution in [2.24, 2.45) is 0 Å². The van der Waals surface area contributed by atoms with Gasteiger partial charge in [0.25, 0.3) is 0 Å². The maximum atomic E-state index is 6.15. The Hall–Kier alpha value is -1.58. The molecule has 0 radical (unpaired) electrons. The molecule has 0 amide bonds. The summed E-state index contributed by atoms with van der Waals surface area (Å²) >= 11 is 6.15. The molecule has 0 saturated carbocycles. The smallest absolute Gasteiger partial charge is 0.137 e. The minimum atomic E-state index is 0.0939. The molecule has 94 valence electrons. The van der Waals surface area contributed by atoms with E-state index in [2.05, 4.69) is 10.3 Å². The molecule has 1 aromatic carbocycles. The van der Waals surface area contributed by atoms with Crippen LogP contribution in [-0.4, -0.2) is 19.1 Å². The number of halogens is 1. The van der Waals surface area contributed by atoms with Crippen LogP contribution in [0.4, 0.5) is 0 Å². The number of pyridine rings is 1. The average molecular weight is 263 g/mol. The van der Waals surface area contributed by atoms with Crippen LogP contribution < -0.4 is 10.1 Å². The van der Waals surface area contributed by atoms with Crippen molar-refractivity contribution in [3.8, 4) is 5.75 Å². The minimum absolute atomic E-state index is 0.0939. The second kappa shape index (κ2) is 5.85. The molecule has 0 spiro atoms. The third kappa shape index (κ3) is 2.63. The first-order chi connectivity index (χ1) is 8.76. The molecule has 1 heterocycles. The summed E-state index contributed by atoms with van der Waals surface area (Å²) in [5.41, 5.74) is 2.24. The molecule has 0 saturated heterocycles. The van der Waals surface area contributed by atoms with Crippen molar-refractivity contribution in [2.45, 2.75) is 6.04 Å². The summed E-state index contributed by atoms with van der Waals surface area (Å²) in [6.07, 6.45) is 3.57. The van der Waals surface area contributed by atoms with E-state index in [4.69, 9.17) is 16.3 Å². The lowest BCUT2D eigenvalue weighted by Gasteiger charge is -2.18. The molecule has 0 aliphatic rings. The van der Waals surface area contributed by atoms with Gasteiger partial charge in [-0.05, 0) is 42.4 Å². The van der Waals surface area contributed by atoms with Crippen LogP contribution in [0.3, 0.4) is 0 Å². The summed E-state index contributed by atoms with van der Waals surface area (Å²) in [5, 5.41) is 3.89. The number of nitrogens with zero attached hydrogens (tertiary/aromatic N) is 1. The van der Waals surface area contributed by atoms with Crippen molar-refractivity contribution in [2.75, 3.05) is 14.2 Å². The molecule has 1 N–H and O–H groups in total. The van der Waals surface area contributed by atoms with Crippen LogP contribution in [0.1, 0.15) is 17.2 Å². The van der Waals surface area contributed by atoms with Gasteiger partial charge in [0, 0.05) is 12.4 Å². The van der Waals surface area contributed by atoms with E-state index in [9.17, 15) is 0 Å². The van der Waals surface area contributed by atoms with Gasteiger partial charge in [0.2, 0.25) is 0 Å². The minimum Gasteiger partial charge on any atom is -0.495 e. The van der Waals surface area contributed by atoms with E-state index in [0.717, 1.165) is 11.1 Å². The molecule has 2 aromatic rings. The molecule has 2 rings (SSSR count). The largest absolute Gasteiger partial charge is 0.495 e. The topological polar surface area (TPSA) is 34.2 Å². The highest BCUT2D eigenvalue weighted by Crippen LogP contribution is 2.29. The summed E-state index contributed by atoms with van der Waals surface area (Å²) in [7, 11) is 3.53. The second-order valence-electron chi connectivity index (χ2n) is 3.90. The Balaban J connectivity index is 2.37. The van der Waals surface area contributed by atoms with Crippen LogP contribution in [0.25, 0.3) is 0 Å². The lowest BCUT2D eigenvalue weighted by Crippen LogP contribution is -2.17. The number of nitrogens with one attached hydrogen (secondary N) is 1. The van der Waals surface area contributed by atoms with Gasteiger partial charge in [-0.2, -0.15) is 0 Å². The Morgan fingerprint density at radius 2 is 1.89 bits per heavy atom. The second-order valence-corrected chi connectivity index (χ2v) is 4.30. The highest BCUT2D eigenvalue weighted by Gasteiger charge is 2.13. The van der Waals surface area contributed by atoms with Crippen molar-refractivity contribution in [1.82, 2.24) is 10.3 Å². The molecule has 18 heavy (non-hydrogen) atoms. The molecule has 0 aliphatic carbocycles. The molecule has 4 heteroatoms. The zero-order chi connectivity index (χ0) is 13.0. The average Bonchev–Trinajstić information content (AvgIpc) is 2.41. The Kier molecular flexibility index (Phi) is 4.18. The van der Waals surface area contributed by atoms with Crippen molar-refractivity contribution >= 4 is 11.6 Å². The van der Waals surface area contributed by atoms with Crippen LogP contribution in [0.5, 0.6) is 5.75 Å². The van der Waals surface area contributed by atoms with Crippen molar-refractivity contribution in [3.05, 3.63) is 58.9 Å². The van der Waals surface area contributed by atoms with Gasteiger partial charge in [0.1, 0.15) is 5.75 Å². The number of hydrogen-bond donors (Lipinski definition) is 1. The summed E-state index contributed by atoms with van der Waals surface area (Å²) in [5.74, 6) is 0.685. The Bertz CT molecular complexity index is 516. The van der Waals surface area contributed by atoms with E-state index < -0.39 is 0 Å². The van der Waals surface area contributed by atoms with Crippen molar-refractivity contribution in [1.29, 1.82) is 0 Å². The predicted octanol–water partition coefficient (Wildman–Crippen LogP) is 3.05. The third-order valence-electron chi connectivity index (χ3n) is 2.84. The summed E-state index contributed by atoms with van der Waals surface area (Å²) in [4.78, 5) is 4.03. The summed E-state index contributed by atoms with van der Waals surface area (Å²) in [6, 6.07) is 9.87. The molecule has 0 aliphatic heterocycles. The molecule has 1 atom stereocenters. The van der Waals surface area contributed by atoms with Crippen LogP contribution in [0.15, 0.2) is 42.7 Å². The lowest BCUT2D eigenvalue weighted by atomic mass is 10.00. The highest BCUT2D eigenvalue weighted by molar-refractivity contribution is 6.32. The van der Waals surface area contributed by atoms with Crippen molar-refractivity contribution < 1.29 is 4.74 Å². The van der Waals surface area contributed by atoms with E-state index in [1.54, 1.807) is 19.5 Å². The van der Waals surface area contributed by atoms with E-state index >= 15 is 0 Å². The number of rotatable bonds is 4. The fraction of sp³-hybridized carbons (Fsp3) is 0.214. The monoisotopic (exact) mass is 262 g/mol. The number of benzene rings is 1. The fourth-order valence-corrected chi connectivity index (χ4v) is 2.21. The van der Waals surface area contributed by atoms with Crippen LogP contribution in [-0.2, 0) is 0 Å². The summed E-state index contributed by atoms with van der Waals surface area (Å²) < 4.78 is 5.16. The molecule has 0 bridgehead atoms. The van der Waals surface area contributed by atoms with Gasteiger partial charge in [0.15, 0.2) is 0 Å². The molecule has 3 nitrogen and oxygen atoms in total. The van der Waals surface area contributed by atoms with Crippen LogP contribution >= 0.6 is 11.6 Å². The zero-order valence-electron chi connectivity index (χ0n) is 10.4. The SMILES string of the molecule is CNC(c1ccncc1)c1ccc(OC)c(Cl)c1. The van der Waals surface area contributed by atoms with Gasteiger partial charge < -0.3 is 10.1 Å². The van der Waals surface area contributed by atoms with Crippen LogP contribution in [0.2, 0.25) is 5.02 Å². The third-order valence-corrected chi connectivity index (χ3v) is 3.13. The van der Waals surface area contributed by atoms with Gasteiger partial charge in [0.05, 0.1) is 18.2 Å². The fourth-order valence-electron chi connectivity index (χ4n) is 1.94. The highest BCUT2D eigenvalue weighted by atomic mass is 35.5. The predicted molar refractivity (Wildman–Crippen MR) is 73.1 cm³/mol. The zero-order valence-corrected chi connectivity index (χ0v) is 11.1. The van der Waals surface area contributed by atoms with E-state index in [1.807, 2.05) is 37.4 Å². The number of aromatic nitrogens is 1. The lowest BCUT2D eigenvalue weighted by molar-refractivity contribution is 0.414. The maximum Gasteiger partial charge on any atom is 0.137 e. The normalized spacial score (nSPS) is 12.2. The molecule has 1 aromatic heterocycles. The van der Waals surface area contributed by atoms with E-state index in [0.29, 0.717) is 10.8 Å². The van der Waals surface area contributed by atoms with Crippen molar-refractivity contribution in [3.63, 3.8) is 0 Å². The number of methoxy groups -OCH3 is 1.